The van der Waals surface area contributed by atoms with Gasteiger partial charge in [0.15, 0.2) is 0 Å². The molecule has 1 saturated carbocycles. The summed E-state index contributed by atoms with van der Waals surface area (Å²) in [6, 6.07) is 1.99. The second-order valence-corrected chi connectivity index (χ2v) is 9.01. The van der Waals surface area contributed by atoms with Crippen LogP contribution in [0.2, 0.25) is 0 Å². The number of likely N-dealkylation sites (tertiary alicyclic amines) is 1. The fourth-order valence-corrected chi connectivity index (χ4v) is 4.84. The van der Waals surface area contributed by atoms with Crippen LogP contribution in [-0.2, 0) is 19.6 Å². The second-order valence-electron chi connectivity index (χ2n) is 7.36. The molecular formula is C18H22F2N2O4S. The predicted molar refractivity (Wildman–Crippen MR) is 93.0 cm³/mol. The Morgan fingerprint density at radius 2 is 1.85 bits per heavy atom. The molecule has 2 fully saturated rings. The largest absolute Gasteiger partial charge is 0.328 e. The minimum absolute atomic E-state index is 0.135. The lowest BCUT2D eigenvalue weighted by molar-refractivity contribution is -0.160. The topological polar surface area (TPSA) is 83.6 Å². The van der Waals surface area contributed by atoms with Crippen molar-refractivity contribution in [3.05, 3.63) is 29.8 Å². The van der Waals surface area contributed by atoms with Crippen molar-refractivity contribution in [2.45, 2.75) is 55.9 Å². The molecular weight excluding hydrogens is 378 g/mol. The first kappa shape index (κ1) is 19.7. The van der Waals surface area contributed by atoms with Crippen LogP contribution in [0.15, 0.2) is 23.1 Å². The van der Waals surface area contributed by atoms with Crippen LogP contribution in [0.1, 0.15) is 45.4 Å². The molecule has 2 aliphatic rings. The first-order valence-electron chi connectivity index (χ1n) is 8.99. The van der Waals surface area contributed by atoms with Gasteiger partial charge in [-0.3, -0.25) is 9.59 Å². The summed E-state index contributed by atoms with van der Waals surface area (Å²) in [7, 11) is -4.52. The number of rotatable bonds is 4. The van der Waals surface area contributed by atoms with Crippen LogP contribution in [0.5, 0.6) is 0 Å². The van der Waals surface area contributed by atoms with E-state index >= 15 is 0 Å². The van der Waals surface area contributed by atoms with Crippen molar-refractivity contribution in [3.8, 4) is 0 Å². The summed E-state index contributed by atoms with van der Waals surface area (Å²) in [4.78, 5) is 26.0. The fourth-order valence-electron chi connectivity index (χ4n) is 3.70. The molecule has 2 amide bonds. The maximum Gasteiger partial charge on any atom is 0.267 e. The second kappa shape index (κ2) is 7.18. The molecule has 1 aromatic carbocycles. The fraction of sp³-hybridized carbons (Fsp3) is 0.556. The summed E-state index contributed by atoms with van der Waals surface area (Å²) < 4.78 is 53.3. The average Bonchev–Trinajstić information content (AvgIpc) is 2.60. The minimum Gasteiger partial charge on any atom is -0.328 e. The minimum atomic E-state index is -4.52. The summed E-state index contributed by atoms with van der Waals surface area (Å²) in [5.74, 6) is -3.37. The number of nitrogens with zero attached hydrogens (tertiary/aromatic N) is 1. The van der Waals surface area contributed by atoms with Crippen LogP contribution in [0.25, 0.3) is 0 Å². The van der Waals surface area contributed by atoms with Crippen LogP contribution in [0, 0.1) is 17.6 Å². The molecule has 3 rings (SSSR count). The number of nitrogens with one attached hydrogen (secondary N) is 1. The molecule has 27 heavy (non-hydrogen) atoms. The molecule has 0 aromatic heterocycles. The van der Waals surface area contributed by atoms with Gasteiger partial charge in [-0.15, -0.1) is 0 Å². The Hall–Kier alpha value is -2.03. The number of hydrogen-bond acceptors (Lipinski definition) is 4. The summed E-state index contributed by atoms with van der Waals surface area (Å²) in [6.45, 7) is 1.88. The summed E-state index contributed by atoms with van der Waals surface area (Å²) in [5, 5.41) is 0. The van der Waals surface area contributed by atoms with Gasteiger partial charge in [0.25, 0.3) is 15.9 Å². The standard InChI is InChI=1S/C18H22F2N2O4S/c1-18(9-10-22(18)16(23)12-5-3-2-4-6-12)17(24)21-27(25,26)15-8-7-13(19)11-14(15)20/h7-8,11-12H,2-6,9-10H2,1H3,(H,21,24). The van der Waals surface area contributed by atoms with Gasteiger partial charge < -0.3 is 4.90 Å². The maximum atomic E-state index is 13.8. The number of hydrogen-bond donors (Lipinski definition) is 1. The monoisotopic (exact) mass is 400 g/mol. The summed E-state index contributed by atoms with van der Waals surface area (Å²) >= 11 is 0. The zero-order chi connectivity index (χ0) is 19.8. The van der Waals surface area contributed by atoms with Gasteiger partial charge in [0.2, 0.25) is 5.91 Å². The lowest BCUT2D eigenvalue weighted by Gasteiger charge is -2.50. The van der Waals surface area contributed by atoms with E-state index in [9.17, 15) is 26.8 Å². The molecule has 6 nitrogen and oxygen atoms in total. The lowest BCUT2D eigenvalue weighted by atomic mass is 9.81. The van der Waals surface area contributed by atoms with Gasteiger partial charge in [-0.2, -0.15) is 0 Å². The third-order valence-corrected chi connectivity index (χ3v) is 6.90. The first-order chi connectivity index (χ1) is 12.6. The van der Waals surface area contributed by atoms with Crippen molar-refractivity contribution in [2.75, 3.05) is 6.54 Å². The van der Waals surface area contributed by atoms with E-state index in [1.54, 1.807) is 0 Å². The Labute approximate surface area is 157 Å². The Kier molecular flexibility index (Phi) is 5.24. The van der Waals surface area contributed by atoms with Gasteiger partial charge in [-0.05, 0) is 38.3 Å². The van der Waals surface area contributed by atoms with Gasteiger partial charge in [0, 0.05) is 18.5 Å². The smallest absolute Gasteiger partial charge is 0.267 e. The zero-order valence-corrected chi connectivity index (χ0v) is 15.8. The van der Waals surface area contributed by atoms with E-state index in [1.165, 1.54) is 11.8 Å². The van der Waals surface area contributed by atoms with E-state index in [-0.39, 0.29) is 11.8 Å². The van der Waals surface area contributed by atoms with Gasteiger partial charge in [-0.1, -0.05) is 19.3 Å². The van der Waals surface area contributed by atoms with Gasteiger partial charge in [0.05, 0.1) is 0 Å². The van der Waals surface area contributed by atoms with Crippen LogP contribution in [0.3, 0.4) is 0 Å². The molecule has 0 spiro atoms. The van der Waals surface area contributed by atoms with Gasteiger partial charge >= 0.3 is 0 Å². The molecule has 1 saturated heterocycles. The molecule has 1 atom stereocenters. The van der Waals surface area contributed by atoms with Crippen molar-refractivity contribution in [3.63, 3.8) is 0 Å². The van der Waals surface area contributed by atoms with Gasteiger partial charge in [0.1, 0.15) is 22.1 Å². The number of sulfonamides is 1. The van der Waals surface area contributed by atoms with Crippen LogP contribution in [0.4, 0.5) is 8.78 Å². The Morgan fingerprint density at radius 1 is 1.19 bits per heavy atom. The van der Waals surface area contributed by atoms with Crippen molar-refractivity contribution in [1.82, 2.24) is 9.62 Å². The number of amides is 2. The van der Waals surface area contributed by atoms with E-state index < -0.39 is 38.0 Å². The van der Waals surface area contributed by atoms with E-state index in [2.05, 4.69) is 0 Å². The number of carbonyl (C=O) groups excluding carboxylic acids is 2. The van der Waals surface area contributed by atoms with E-state index in [0.29, 0.717) is 19.0 Å². The Bertz CT molecular complexity index is 868. The van der Waals surface area contributed by atoms with E-state index in [1.807, 2.05) is 4.72 Å². The lowest BCUT2D eigenvalue weighted by Crippen LogP contribution is -2.68. The highest BCUT2D eigenvalue weighted by Crippen LogP contribution is 2.35. The molecule has 0 radical (unpaired) electrons. The van der Waals surface area contributed by atoms with Crippen LogP contribution >= 0.6 is 0 Å². The quantitative estimate of drug-likeness (QED) is 0.841. The molecule has 1 unspecified atom stereocenters. The highest BCUT2D eigenvalue weighted by Gasteiger charge is 2.51. The normalized spacial score (nSPS) is 23.6. The van der Waals surface area contributed by atoms with Gasteiger partial charge in [-0.25, -0.2) is 21.9 Å². The van der Waals surface area contributed by atoms with Crippen molar-refractivity contribution in [2.24, 2.45) is 5.92 Å². The highest BCUT2D eigenvalue weighted by molar-refractivity contribution is 7.90. The third-order valence-electron chi connectivity index (χ3n) is 5.54. The molecule has 1 aliphatic carbocycles. The average molecular weight is 400 g/mol. The Balaban J connectivity index is 1.75. The summed E-state index contributed by atoms with van der Waals surface area (Å²) in [5.41, 5.74) is -1.29. The van der Waals surface area contributed by atoms with Crippen LogP contribution in [-0.4, -0.2) is 37.2 Å². The number of carbonyl (C=O) groups is 2. The number of halogens is 2. The first-order valence-corrected chi connectivity index (χ1v) is 10.5. The SMILES string of the molecule is CC1(C(=O)NS(=O)(=O)c2ccc(F)cc2F)CCN1C(=O)C1CCCCC1. The third kappa shape index (κ3) is 3.69. The Morgan fingerprint density at radius 3 is 2.41 bits per heavy atom. The predicted octanol–water partition coefficient (Wildman–Crippen LogP) is 2.34. The summed E-state index contributed by atoms with van der Waals surface area (Å²) in [6.07, 6.45) is 4.87. The maximum absolute atomic E-state index is 13.8. The van der Waals surface area contributed by atoms with Crippen molar-refractivity contribution in [1.29, 1.82) is 0 Å². The number of benzene rings is 1. The molecule has 0 bridgehead atoms. The van der Waals surface area contributed by atoms with Crippen LogP contribution < -0.4 is 4.72 Å². The molecule has 148 valence electrons. The molecule has 9 heteroatoms. The van der Waals surface area contributed by atoms with Crippen molar-refractivity contribution >= 4 is 21.8 Å². The molecule has 1 N–H and O–H groups in total. The van der Waals surface area contributed by atoms with E-state index in [4.69, 9.17) is 0 Å². The zero-order valence-electron chi connectivity index (χ0n) is 15.0. The molecule has 1 aliphatic heterocycles. The van der Waals surface area contributed by atoms with E-state index in [0.717, 1.165) is 44.2 Å². The van der Waals surface area contributed by atoms with Crippen molar-refractivity contribution < 1.29 is 26.8 Å². The molecule has 1 aromatic rings. The highest BCUT2D eigenvalue weighted by atomic mass is 32.2. The molecule has 1 heterocycles.